The maximum Gasteiger partial charge on any atom is 0.364 e. The van der Waals surface area contributed by atoms with Crippen LogP contribution in [0.2, 0.25) is 10.0 Å². The van der Waals surface area contributed by atoms with Crippen LogP contribution in [-0.4, -0.2) is 55.2 Å². The standard InChI is InChI=1S/C30H33Cl2N2O4/c1-7-37-29(35)30(21-10-14-23(32)15-11-21)27(20-8-12-22(31)13-9-20)33(4)28(34(30)5)25-17-16-24(36-6)18-26(25)38-19(2)3/h8-19,27H,7H2,1-6H3/q+1/t27-,30+/m1/s1. The minimum Gasteiger partial charge on any atom is -0.497 e. The number of nitrogens with zero attached hydrogens (tertiary/aromatic N) is 2. The summed E-state index contributed by atoms with van der Waals surface area (Å²) in [6, 6.07) is 20.2. The molecule has 0 radical (unpaired) electrons. The van der Waals surface area contributed by atoms with Gasteiger partial charge in [-0.3, -0.25) is 4.90 Å². The van der Waals surface area contributed by atoms with Crippen LogP contribution < -0.4 is 9.47 Å². The summed E-state index contributed by atoms with van der Waals surface area (Å²) in [6.07, 6.45) is -0.0726. The van der Waals surface area contributed by atoms with Gasteiger partial charge >= 0.3 is 5.97 Å². The number of amidine groups is 1. The molecule has 0 amide bonds. The molecule has 0 unspecified atom stereocenters. The van der Waals surface area contributed by atoms with Crippen molar-refractivity contribution in [2.75, 3.05) is 27.8 Å². The first-order chi connectivity index (χ1) is 18.1. The van der Waals surface area contributed by atoms with Crippen molar-refractivity contribution in [2.45, 2.75) is 38.5 Å². The van der Waals surface area contributed by atoms with Gasteiger partial charge in [0.1, 0.15) is 17.1 Å². The molecule has 6 nitrogen and oxygen atoms in total. The van der Waals surface area contributed by atoms with Crippen LogP contribution in [0.5, 0.6) is 11.5 Å². The normalized spacial score (nSPS) is 19.2. The lowest BCUT2D eigenvalue weighted by atomic mass is 9.79. The van der Waals surface area contributed by atoms with Gasteiger partial charge in [-0.2, -0.15) is 0 Å². The molecule has 4 rings (SSSR count). The Morgan fingerprint density at radius 3 is 2.18 bits per heavy atom. The molecule has 0 aromatic heterocycles. The van der Waals surface area contributed by atoms with Gasteiger partial charge in [0.15, 0.2) is 6.04 Å². The predicted molar refractivity (Wildman–Crippen MR) is 151 cm³/mol. The van der Waals surface area contributed by atoms with E-state index in [-0.39, 0.29) is 18.7 Å². The van der Waals surface area contributed by atoms with Gasteiger partial charge < -0.3 is 14.2 Å². The Hall–Kier alpha value is -3.22. The maximum atomic E-state index is 14.2. The molecule has 0 N–H and O–H groups in total. The first-order valence-corrected chi connectivity index (χ1v) is 13.3. The smallest absolute Gasteiger partial charge is 0.364 e. The number of halogens is 2. The van der Waals surface area contributed by atoms with E-state index in [0.29, 0.717) is 21.5 Å². The van der Waals surface area contributed by atoms with Crippen LogP contribution in [0, 0.1) is 0 Å². The van der Waals surface area contributed by atoms with E-state index in [2.05, 4.69) is 4.90 Å². The molecular formula is C30H33Cl2N2O4+. The van der Waals surface area contributed by atoms with Crippen LogP contribution in [0.4, 0.5) is 0 Å². The fourth-order valence-corrected chi connectivity index (χ4v) is 5.55. The third-order valence-corrected chi connectivity index (χ3v) is 7.32. The number of ether oxygens (including phenoxy) is 3. The van der Waals surface area contributed by atoms with Crippen molar-refractivity contribution in [3.63, 3.8) is 0 Å². The van der Waals surface area contributed by atoms with E-state index in [9.17, 15) is 4.79 Å². The second-order valence-corrected chi connectivity index (χ2v) is 10.3. The van der Waals surface area contributed by atoms with Gasteiger partial charge in [-0.25, -0.2) is 9.37 Å². The van der Waals surface area contributed by atoms with Gasteiger partial charge in [-0.15, -0.1) is 0 Å². The van der Waals surface area contributed by atoms with Gasteiger partial charge in [-0.05, 0) is 57.2 Å². The molecule has 1 aliphatic rings. The first kappa shape index (κ1) is 27.8. The summed E-state index contributed by atoms with van der Waals surface area (Å²) in [5.74, 6) is 1.76. The lowest BCUT2D eigenvalue weighted by Crippen LogP contribution is -2.49. The number of likely N-dealkylation sites (N-methyl/N-ethyl adjacent to an activating group) is 2. The van der Waals surface area contributed by atoms with Crippen molar-refractivity contribution in [1.29, 1.82) is 0 Å². The van der Waals surface area contributed by atoms with Gasteiger partial charge in [-0.1, -0.05) is 47.5 Å². The second kappa shape index (κ2) is 11.3. The Labute approximate surface area is 234 Å². The maximum absolute atomic E-state index is 14.2. The number of rotatable bonds is 8. The third kappa shape index (κ3) is 4.83. The van der Waals surface area contributed by atoms with Crippen LogP contribution in [0.3, 0.4) is 0 Å². The third-order valence-electron chi connectivity index (χ3n) is 6.81. The van der Waals surface area contributed by atoms with Gasteiger partial charge in [0, 0.05) is 27.2 Å². The Bertz CT molecular complexity index is 1340. The van der Waals surface area contributed by atoms with Gasteiger partial charge in [0.05, 0.1) is 33.9 Å². The molecule has 200 valence electrons. The molecule has 3 aromatic carbocycles. The van der Waals surface area contributed by atoms with E-state index in [0.717, 1.165) is 22.5 Å². The van der Waals surface area contributed by atoms with Gasteiger partial charge in [0.2, 0.25) is 0 Å². The van der Waals surface area contributed by atoms with Crippen LogP contribution >= 0.6 is 23.2 Å². The Kier molecular flexibility index (Phi) is 8.24. The topological polar surface area (TPSA) is 51.0 Å². The van der Waals surface area contributed by atoms with Crippen LogP contribution in [0.1, 0.15) is 43.5 Å². The molecule has 1 aliphatic heterocycles. The fourth-order valence-electron chi connectivity index (χ4n) is 5.30. The summed E-state index contributed by atoms with van der Waals surface area (Å²) in [7, 11) is 5.51. The average molecular weight is 557 g/mol. The van der Waals surface area contributed by atoms with Crippen molar-refractivity contribution in [1.82, 2.24) is 4.90 Å². The molecule has 3 aromatic rings. The number of hydrogen-bond donors (Lipinski definition) is 0. The fraction of sp³-hybridized carbons (Fsp3) is 0.333. The molecular weight excluding hydrogens is 523 g/mol. The molecule has 0 saturated heterocycles. The average Bonchev–Trinajstić information content (AvgIpc) is 3.12. The summed E-state index contributed by atoms with van der Waals surface area (Å²) in [5.41, 5.74) is 1.24. The second-order valence-electron chi connectivity index (χ2n) is 9.47. The van der Waals surface area contributed by atoms with E-state index in [1.54, 1.807) is 19.2 Å². The minimum absolute atomic E-state index is 0.0726. The highest BCUT2D eigenvalue weighted by molar-refractivity contribution is 6.30. The van der Waals surface area contributed by atoms with E-state index in [1.165, 1.54) is 0 Å². The van der Waals surface area contributed by atoms with E-state index < -0.39 is 11.6 Å². The zero-order valence-corrected chi connectivity index (χ0v) is 24.0. The quantitative estimate of drug-likeness (QED) is 0.240. The molecule has 0 aliphatic carbocycles. The molecule has 0 fully saturated rings. The summed E-state index contributed by atoms with van der Waals surface area (Å²) < 4.78 is 19.5. The first-order valence-electron chi connectivity index (χ1n) is 12.5. The van der Waals surface area contributed by atoms with Gasteiger partial charge in [0.25, 0.3) is 11.4 Å². The van der Waals surface area contributed by atoms with Crippen molar-refractivity contribution in [3.8, 4) is 11.5 Å². The van der Waals surface area contributed by atoms with E-state index in [4.69, 9.17) is 37.4 Å². The molecule has 0 spiro atoms. The van der Waals surface area contributed by atoms with Crippen molar-refractivity contribution in [2.24, 2.45) is 0 Å². The number of carbonyl (C=O) groups excluding carboxylic acids is 1. The van der Waals surface area contributed by atoms with Crippen molar-refractivity contribution < 1.29 is 23.6 Å². The Morgan fingerprint density at radius 1 is 1.03 bits per heavy atom. The van der Waals surface area contributed by atoms with E-state index >= 15 is 0 Å². The molecule has 0 bridgehead atoms. The highest BCUT2D eigenvalue weighted by Gasteiger charge is 2.65. The van der Waals surface area contributed by atoms with E-state index in [1.807, 2.05) is 94.0 Å². The summed E-state index contributed by atoms with van der Waals surface area (Å²) in [6.45, 7) is 6.00. The van der Waals surface area contributed by atoms with Crippen LogP contribution in [0.25, 0.3) is 0 Å². The van der Waals surface area contributed by atoms with Crippen LogP contribution in [-0.2, 0) is 15.1 Å². The van der Waals surface area contributed by atoms with Crippen molar-refractivity contribution in [3.05, 3.63) is 93.5 Å². The summed E-state index contributed by atoms with van der Waals surface area (Å²) in [5, 5.41) is 1.19. The molecule has 8 heteroatoms. The summed E-state index contributed by atoms with van der Waals surface area (Å²) >= 11 is 12.5. The predicted octanol–water partition coefficient (Wildman–Crippen LogP) is 6.32. The number of benzene rings is 3. The zero-order chi connectivity index (χ0) is 27.6. The SMILES string of the molecule is CCOC(=O)[C@]1(c2ccc(Cl)cc2)[C@@H](c2ccc(Cl)cc2)N(C)C(c2ccc(OC)cc2OC(C)C)=[N+]1C. The number of esters is 1. The monoisotopic (exact) mass is 555 g/mol. The number of hydrogen-bond acceptors (Lipinski definition) is 5. The Morgan fingerprint density at radius 2 is 1.63 bits per heavy atom. The highest BCUT2D eigenvalue weighted by Crippen LogP contribution is 2.49. The lowest BCUT2D eigenvalue weighted by Gasteiger charge is -2.32. The summed E-state index contributed by atoms with van der Waals surface area (Å²) in [4.78, 5) is 16.3. The zero-order valence-electron chi connectivity index (χ0n) is 22.5. The Balaban J connectivity index is 2.08. The molecule has 1 heterocycles. The van der Waals surface area contributed by atoms with Crippen molar-refractivity contribution >= 4 is 35.0 Å². The lowest BCUT2D eigenvalue weighted by molar-refractivity contribution is -0.572. The number of methoxy groups -OCH3 is 1. The highest BCUT2D eigenvalue weighted by atomic mass is 35.5. The minimum atomic E-state index is -1.24. The molecule has 0 saturated carbocycles. The van der Waals surface area contributed by atoms with Crippen LogP contribution in [0.15, 0.2) is 66.7 Å². The number of carbonyl (C=O) groups is 1. The molecule has 38 heavy (non-hydrogen) atoms. The molecule has 2 atom stereocenters. The largest absolute Gasteiger partial charge is 0.497 e.